The van der Waals surface area contributed by atoms with Crippen LogP contribution in [-0.2, 0) is 4.79 Å². The van der Waals surface area contributed by atoms with E-state index >= 15 is 0 Å². The molecule has 0 aromatic heterocycles. The molecule has 108 valence electrons. The van der Waals surface area contributed by atoms with Gasteiger partial charge in [0, 0.05) is 11.6 Å². The van der Waals surface area contributed by atoms with Crippen LogP contribution in [0.3, 0.4) is 0 Å². The molecular weight excluding hydrogens is 271 g/mol. The molecule has 3 nitrogen and oxygen atoms in total. The second-order valence-electron chi connectivity index (χ2n) is 4.50. The minimum Gasteiger partial charge on any atom is -0.482 e. The summed E-state index contributed by atoms with van der Waals surface area (Å²) >= 11 is 0. The molecule has 0 fully saturated rings. The van der Waals surface area contributed by atoms with E-state index in [9.17, 15) is 9.18 Å². The zero-order chi connectivity index (χ0) is 15.2. The molecule has 2 aromatic carbocycles. The highest BCUT2D eigenvalue weighted by atomic mass is 19.1. The molecule has 2 aromatic rings. The van der Waals surface area contributed by atoms with Gasteiger partial charge >= 0.3 is 5.97 Å². The third kappa shape index (κ3) is 3.92. The first kappa shape index (κ1) is 14.8. The van der Waals surface area contributed by atoms with Gasteiger partial charge in [-0.15, -0.1) is 0 Å². The van der Waals surface area contributed by atoms with Crippen LogP contribution in [-0.4, -0.2) is 11.1 Å². The quantitative estimate of drug-likeness (QED) is 0.843. The summed E-state index contributed by atoms with van der Waals surface area (Å²) in [5.74, 6) is -1.57. The van der Waals surface area contributed by atoms with Gasteiger partial charge in [-0.3, -0.25) is 0 Å². The fourth-order valence-electron chi connectivity index (χ4n) is 1.91. The Hall–Kier alpha value is -2.62. The van der Waals surface area contributed by atoms with E-state index in [1.54, 1.807) is 6.07 Å². The highest BCUT2D eigenvalue weighted by Gasteiger charge is 2.13. The van der Waals surface area contributed by atoms with Gasteiger partial charge in [0.15, 0.2) is 11.6 Å². The number of rotatable bonds is 5. The van der Waals surface area contributed by atoms with E-state index in [0.717, 1.165) is 11.6 Å². The van der Waals surface area contributed by atoms with Crippen molar-refractivity contribution in [2.45, 2.75) is 13.0 Å². The Balaban J connectivity index is 2.29. The van der Waals surface area contributed by atoms with Gasteiger partial charge in [0.05, 0.1) is 0 Å². The lowest BCUT2D eigenvalue weighted by molar-refractivity contribution is -0.131. The predicted octanol–water partition coefficient (Wildman–Crippen LogP) is 4.06. The van der Waals surface area contributed by atoms with Crippen molar-refractivity contribution >= 4 is 12.0 Å². The van der Waals surface area contributed by atoms with Gasteiger partial charge in [-0.1, -0.05) is 42.5 Å². The topological polar surface area (TPSA) is 46.5 Å². The maximum atomic E-state index is 13.9. The smallest absolute Gasteiger partial charge is 0.328 e. The molecule has 0 spiro atoms. The third-order valence-corrected chi connectivity index (χ3v) is 2.97. The van der Waals surface area contributed by atoms with Crippen LogP contribution in [0.1, 0.15) is 24.2 Å². The summed E-state index contributed by atoms with van der Waals surface area (Å²) in [6.07, 6.45) is 1.92. The number of para-hydroxylation sites is 1. The van der Waals surface area contributed by atoms with Gasteiger partial charge in [0.25, 0.3) is 0 Å². The van der Waals surface area contributed by atoms with Crippen molar-refractivity contribution in [2.24, 2.45) is 0 Å². The van der Waals surface area contributed by atoms with E-state index in [0.29, 0.717) is 5.56 Å². The fraction of sp³-hybridized carbons (Fsp3) is 0.118. The zero-order valence-electron chi connectivity index (χ0n) is 11.5. The van der Waals surface area contributed by atoms with Crippen LogP contribution < -0.4 is 4.74 Å². The molecule has 0 saturated heterocycles. The summed E-state index contributed by atoms with van der Waals surface area (Å²) in [7, 11) is 0. The second-order valence-corrected chi connectivity index (χ2v) is 4.50. The van der Waals surface area contributed by atoms with E-state index in [1.807, 2.05) is 37.3 Å². The van der Waals surface area contributed by atoms with Gasteiger partial charge in [-0.2, -0.15) is 0 Å². The van der Waals surface area contributed by atoms with Crippen molar-refractivity contribution in [3.63, 3.8) is 0 Å². The summed E-state index contributed by atoms with van der Waals surface area (Å²) in [6, 6.07) is 13.8. The molecule has 0 bridgehead atoms. The maximum absolute atomic E-state index is 13.9. The molecule has 0 saturated carbocycles. The Morgan fingerprint density at radius 2 is 1.90 bits per heavy atom. The van der Waals surface area contributed by atoms with Gasteiger partial charge < -0.3 is 9.84 Å². The fourth-order valence-corrected chi connectivity index (χ4v) is 1.91. The van der Waals surface area contributed by atoms with Crippen LogP contribution in [0.5, 0.6) is 5.75 Å². The van der Waals surface area contributed by atoms with Gasteiger partial charge in [-0.05, 0) is 24.6 Å². The Morgan fingerprint density at radius 3 is 2.57 bits per heavy atom. The van der Waals surface area contributed by atoms with Crippen molar-refractivity contribution in [3.05, 3.63) is 71.6 Å². The molecule has 2 rings (SSSR count). The van der Waals surface area contributed by atoms with E-state index < -0.39 is 11.8 Å². The molecule has 4 heteroatoms. The van der Waals surface area contributed by atoms with Crippen LogP contribution in [0, 0.1) is 5.82 Å². The zero-order valence-corrected chi connectivity index (χ0v) is 11.5. The highest BCUT2D eigenvalue weighted by molar-refractivity contribution is 5.85. The standard InChI is InChI=1S/C17H15FO3/c1-12(13-6-3-2-4-7-13)21-17-14(10-11-16(19)20)8-5-9-15(17)18/h2-12H,1H3,(H,19,20)/b11-10+. The molecule has 1 N–H and O–H groups in total. The normalized spacial score (nSPS) is 12.3. The Bertz CT molecular complexity index is 650. The minimum absolute atomic E-state index is 0.0475. The Labute approximate surface area is 122 Å². The summed E-state index contributed by atoms with van der Waals surface area (Å²) in [5, 5.41) is 8.67. The molecule has 1 unspecified atom stereocenters. The number of aliphatic carboxylic acids is 1. The molecule has 1 atom stereocenters. The highest BCUT2D eigenvalue weighted by Crippen LogP contribution is 2.29. The van der Waals surface area contributed by atoms with Gasteiger partial charge in [0.2, 0.25) is 0 Å². The lowest BCUT2D eigenvalue weighted by Gasteiger charge is -2.17. The van der Waals surface area contributed by atoms with Gasteiger partial charge in [-0.25, -0.2) is 9.18 Å². The predicted molar refractivity (Wildman–Crippen MR) is 78.6 cm³/mol. The number of benzene rings is 2. The number of hydrogen-bond acceptors (Lipinski definition) is 2. The van der Waals surface area contributed by atoms with Crippen LogP contribution in [0.25, 0.3) is 6.08 Å². The monoisotopic (exact) mass is 286 g/mol. The lowest BCUT2D eigenvalue weighted by atomic mass is 10.1. The van der Waals surface area contributed by atoms with Crippen LogP contribution in [0.15, 0.2) is 54.6 Å². The maximum Gasteiger partial charge on any atom is 0.328 e. The van der Waals surface area contributed by atoms with Crippen molar-refractivity contribution in [2.75, 3.05) is 0 Å². The first-order valence-corrected chi connectivity index (χ1v) is 6.49. The van der Waals surface area contributed by atoms with E-state index in [2.05, 4.69) is 0 Å². The number of carboxylic acids is 1. The van der Waals surface area contributed by atoms with E-state index in [-0.39, 0.29) is 11.9 Å². The second kappa shape index (κ2) is 6.70. The van der Waals surface area contributed by atoms with Crippen molar-refractivity contribution in [3.8, 4) is 5.75 Å². The third-order valence-electron chi connectivity index (χ3n) is 2.97. The average Bonchev–Trinajstić information content (AvgIpc) is 2.48. The SMILES string of the molecule is CC(Oc1c(F)cccc1/C=C/C(=O)O)c1ccccc1. The van der Waals surface area contributed by atoms with Crippen molar-refractivity contribution in [1.29, 1.82) is 0 Å². The summed E-state index contributed by atoms with van der Waals surface area (Å²) in [5.41, 5.74) is 1.30. The Morgan fingerprint density at radius 1 is 1.19 bits per heavy atom. The number of carbonyl (C=O) groups is 1. The summed E-state index contributed by atoms with van der Waals surface area (Å²) in [4.78, 5) is 10.6. The minimum atomic E-state index is -1.10. The molecule has 0 aliphatic carbocycles. The summed E-state index contributed by atoms with van der Waals surface area (Å²) in [6.45, 7) is 1.81. The number of carboxylic acid groups (broad SMARTS) is 1. The number of ether oxygens (including phenoxy) is 1. The van der Waals surface area contributed by atoms with Crippen LogP contribution in [0.4, 0.5) is 4.39 Å². The average molecular weight is 286 g/mol. The lowest BCUT2D eigenvalue weighted by Crippen LogP contribution is -2.05. The first-order chi connectivity index (χ1) is 10.1. The van der Waals surface area contributed by atoms with Gasteiger partial charge in [0.1, 0.15) is 6.10 Å². The molecule has 0 heterocycles. The molecular formula is C17H15FO3. The molecule has 0 radical (unpaired) electrons. The molecule has 21 heavy (non-hydrogen) atoms. The number of hydrogen-bond donors (Lipinski definition) is 1. The van der Waals surface area contributed by atoms with Crippen LogP contribution >= 0.6 is 0 Å². The Kier molecular flexibility index (Phi) is 4.72. The van der Waals surface area contributed by atoms with E-state index in [1.165, 1.54) is 18.2 Å². The largest absolute Gasteiger partial charge is 0.482 e. The van der Waals surface area contributed by atoms with Crippen molar-refractivity contribution < 1.29 is 19.0 Å². The summed E-state index contributed by atoms with van der Waals surface area (Å²) < 4.78 is 19.6. The number of halogens is 1. The van der Waals surface area contributed by atoms with E-state index in [4.69, 9.17) is 9.84 Å². The molecule has 0 aliphatic rings. The van der Waals surface area contributed by atoms with Crippen LogP contribution in [0.2, 0.25) is 0 Å². The molecule has 0 aliphatic heterocycles. The first-order valence-electron chi connectivity index (χ1n) is 6.49. The van der Waals surface area contributed by atoms with Crippen molar-refractivity contribution in [1.82, 2.24) is 0 Å². The molecule has 0 amide bonds.